The highest BCUT2D eigenvalue weighted by molar-refractivity contribution is 9.10. The Hall–Kier alpha value is -1.56. The van der Waals surface area contributed by atoms with Crippen LogP contribution in [0.4, 0.5) is 0 Å². The molecule has 2 aromatic rings. The van der Waals surface area contributed by atoms with Crippen molar-refractivity contribution in [3.8, 4) is 11.5 Å². The van der Waals surface area contributed by atoms with Crippen molar-refractivity contribution in [2.75, 3.05) is 20.7 Å². The standard InChI is InChI=1S/C21H27BrN2O2/c1-24-10-9-18(23)13-19(24)11-16-12-20(25-2)7-8-21(16)26-14-15-3-5-17(22)6-4-15/h3-8,12,18-19H,9-11,13-14,23H2,1-2H3. The molecule has 1 saturated heterocycles. The average Bonchev–Trinajstić information content (AvgIpc) is 2.65. The smallest absolute Gasteiger partial charge is 0.123 e. The van der Waals surface area contributed by atoms with E-state index in [9.17, 15) is 0 Å². The molecule has 3 rings (SSSR count). The molecule has 2 atom stereocenters. The number of ether oxygens (including phenoxy) is 2. The highest BCUT2D eigenvalue weighted by Gasteiger charge is 2.25. The van der Waals surface area contributed by atoms with E-state index in [0.29, 0.717) is 12.6 Å². The van der Waals surface area contributed by atoms with Crippen molar-refractivity contribution in [1.29, 1.82) is 0 Å². The normalized spacial score (nSPS) is 20.8. The molecular formula is C21H27BrN2O2. The molecule has 5 heteroatoms. The van der Waals surface area contributed by atoms with Gasteiger partial charge in [0.1, 0.15) is 18.1 Å². The van der Waals surface area contributed by atoms with E-state index in [1.54, 1.807) is 7.11 Å². The van der Waals surface area contributed by atoms with Crippen LogP contribution in [0, 0.1) is 0 Å². The first-order valence-corrected chi connectivity index (χ1v) is 9.84. The summed E-state index contributed by atoms with van der Waals surface area (Å²) in [7, 11) is 3.88. The number of benzene rings is 2. The van der Waals surface area contributed by atoms with Crippen LogP contribution < -0.4 is 15.2 Å². The molecule has 140 valence electrons. The SMILES string of the molecule is COc1ccc(OCc2ccc(Br)cc2)c(CC2CC(N)CCN2C)c1. The van der Waals surface area contributed by atoms with Gasteiger partial charge in [-0.1, -0.05) is 28.1 Å². The molecule has 0 bridgehead atoms. The van der Waals surface area contributed by atoms with Gasteiger partial charge in [0.05, 0.1) is 7.11 Å². The van der Waals surface area contributed by atoms with E-state index in [2.05, 4.69) is 46.1 Å². The Kier molecular flexibility index (Phi) is 6.57. The Labute approximate surface area is 164 Å². The summed E-state index contributed by atoms with van der Waals surface area (Å²) in [6.45, 7) is 1.59. The molecule has 2 N–H and O–H groups in total. The molecule has 1 fully saturated rings. The van der Waals surface area contributed by atoms with Gasteiger partial charge in [0.2, 0.25) is 0 Å². The zero-order chi connectivity index (χ0) is 18.5. The predicted molar refractivity (Wildman–Crippen MR) is 109 cm³/mol. The minimum Gasteiger partial charge on any atom is -0.497 e. The van der Waals surface area contributed by atoms with E-state index >= 15 is 0 Å². The Morgan fingerprint density at radius 3 is 2.69 bits per heavy atom. The number of nitrogens with two attached hydrogens (primary N) is 1. The second-order valence-electron chi connectivity index (χ2n) is 7.01. The number of piperidine rings is 1. The summed E-state index contributed by atoms with van der Waals surface area (Å²) in [4.78, 5) is 2.40. The fourth-order valence-electron chi connectivity index (χ4n) is 3.42. The summed E-state index contributed by atoms with van der Waals surface area (Å²) < 4.78 is 12.6. The van der Waals surface area contributed by atoms with Crippen molar-refractivity contribution in [3.63, 3.8) is 0 Å². The number of halogens is 1. The number of nitrogens with zero attached hydrogens (tertiary/aromatic N) is 1. The first-order chi connectivity index (χ1) is 12.5. The molecule has 2 aromatic carbocycles. The molecule has 1 aliphatic rings. The number of hydrogen-bond acceptors (Lipinski definition) is 4. The Bertz CT molecular complexity index is 720. The summed E-state index contributed by atoms with van der Waals surface area (Å²) in [6.07, 6.45) is 3.00. The van der Waals surface area contributed by atoms with Gasteiger partial charge in [-0.2, -0.15) is 0 Å². The first kappa shape index (κ1) is 19.2. The molecule has 1 aliphatic heterocycles. The molecule has 0 spiro atoms. The molecule has 2 unspecified atom stereocenters. The molecule has 0 saturated carbocycles. The Morgan fingerprint density at radius 1 is 1.19 bits per heavy atom. The monoisotopic (exact) mass is 418 g/mol. The van der Waals surface area contributed by atoms with Crippen molar-refractivity contribution in [3.05, 3.63) is 58.1 Å². The van der Waals surface area contributed by atoms with Crippen molar-refractivity contribution in [1.82, 2.24) is 4.90 Å². The second kappa shape index (κ2) is 8.89. The maximum Gasteiger partial charge on any atom is 0.123 e. The zero-order valence-corrected chi connectivity index (χ0v) is 17.0. The molecule has 0 amide bonds. The van der Waals surface area contributed by atoms with Crippen molar-refractivity contribution < 1.29 is 9.47 Å². The predicted octanol–water partition coefficient (Wildman–Crippen LogP) is 4.00. The van der Waals surface area contributed by atoms with Crippen molar-refractivity contribution in [2.45, 2.75) is 38.0 Å². The van der Waals surface area contributed by atoms with Gasteiger partial charge in [-0.3, -0.25) is 0 Å². The van der Waals surface area contributed by atoms with Crippen LogP contribution in [0.25, 0.3) is 0 Å². The van der Waals surface area contributed by atoms with Gasteiger partial charge in [0, 0.05) is 16.6 Å². The van der Waals surface area contributed by atoms with Gasteiger partial charge in [-0.15, -0.1) is 0 Å². The van der Waals surface area contributed by atoms with E-state index in [1.165, 1.54) is 5.56 Å². The highest BCUT2D eigenvalue weighted by Crippen LogP contribution is 2.29. The van der Waals surface area contributed by atoms with Crippen LogP contribution in [-0.4, -0.2) is 37.7 Å². The molecule has 26 heavy (non-hydrogen) atoms. The lowest BCUT2D eigenvalue weighted by atomic mass is 9.93. The van der Waals surface area contributed by atoms with Gasteiger partial charge >= 0.3 is 0 Å². The van der Waals surface area contributed by atoms with Crippen molar-refractivity contribution in [2.24, 2.45) is 5.73 Å². The Morgan fingerprint density at radius 2 is 1.96 bits per heavy atom. The third-order valence-corrected chi connectivity index (χ3v) is 5.61. The summed E-state index contributed by atoms with van der Waals surface area (Å²) >= 11 is 3.47. The van der Waals surface area contributed by atoms with Crippen molar-refractivity contribution >= 4 is 15.9 Å². The van der Waals surface area contributed by atoms with Crippen LogP contribution in [-0.2, 0) is 13.0 Å². The molecule has 4 nitrogen and oxygen atoms in total. The average molecular weight is 419 g/mol. The first-order valence-electron chi connectivity index (χ1n) is 9.05. The fourth-order valence-corrected chi connectivity index (χ4v) is 3.68. The van der Waals surface area contributed by atoms with Gasteiger partial charge in [0.15, 0.2) is 0 Å². The van der Waals surface area contributed by atoms with Crippen LogP contribution >= 0.6 is 15.9 Å². The summed E-state index contributed by atoms with van der Waals surface area (Å²) in [6, 6.07) is 15.0. The lowest BCUT2D eigenvalue weighted by Gasteiger charge is -2.36. The second-order valence-corrected chi connectivity index (χ2v) is 7.93. The minimum atomic E-state index is 0.286. The molecular weight excluding hydrogens is 392 g/mol. The highest BCUT2D eigenvalue weighted by atomic mass is 79.9. The summed E-state index contributed by atoms with van der Waals surface area (Å²) in [5.41, 5.74) is 8.51. The maximum absolute atomic E-state index is 6.20. The minimum absolute atomic E-state index is 0.286. The summed E-state index contributed by atoms with van der Waals surface area (Å²) in [5, 5.41) is 0. The number of likely N-dealkylation sites (tertiary alicyclic amines) is 1. The molecule has 0 aliphatic carbocycles. The molecule has 0 aromatic heterocycles. The van der Waals surface area contributed by atoms with E-state index in [0.717, 1.165) is 47.3 Å². The topological polar surface area (TPSA) is 47.7 Å². The van der Waals surface area contributed by atoms with Gasteiger partial charge < -0.3 is 20.1 Å². The van der Waals surface area contributed by atoms with Gasteiger partial charge in [0.25, 0.3) is 0 Å². The number of hydrogen-bond donors (Lipinski definition) is 1. The van der Waals surface area contributed by atoms with E-state index in [1.807, 2.05) is 24.3 Å². The lowest BCUT2D eigenvalue weighted by Crippen LogP contribution is -2.45. The van der Waals surface area contributed by atoms with E-state index in [-0.39, 0.29) is 6.04 Å². The fraction of sp³-hybridized carbons (Fsp3) is 0.429. The van der Waals surface area contributed by atoms with Gasteiger partial charge in [-0.25, -0.2) is 0 Å². The van der Waals surface area contributed by atoms with Crippen LogP contribution in [0.2, 0.25) is 0 Å². The zero-order valence-electron chi connectivity index (χ0n) is 15.5. The largest absolute Gasteiger partial charge is 0.497 e. The van der Waals surface area contributed by atoms with E-state index < -0.39 is 0 Å². The molecule has 1 heterocycles. The lowest BCUT2D eigenvalue weighted by molar-refractivity contribution is 0.168. The van der Waals surface area contributed by atoms with Crippen LogP contribution in [0.5, 0.6) is 11.5 Å². The number of methoxy groups -OCH3 is 1. The Balaban J connectivity index is 1.75. The number of rotatable bonds is 6. The van der Waals surface area contributed by atoms with Crippen LogP contribution in [0.3, 0.4) is 0 Å². The maximum atomic E-state index is 6.20. The third-order valence-electron chi connectivity index (χ3n) is 5.08. The van der Waals surface area contributed by atoms with E-state index in [4.69, 9.17) is 15.2 Å². The van der Waals surface area contributed by atoms with Crippen LogP contribution in [0.15, 0.2) is 46.9 Å². The number of likely N-dealkylation sites (N-methyl/N-ethyl adjacent to an activating group) is 1. The van der Waals surface area contributed by atoms with Crippen LogP contribution in [0.1, 0.15) is 24.0 Å². The van der Waals surface area contributed by atoms with Gasteiger partial charge in [-0.05, 0) is 74.3 Å². The molecule has 0 radical (unpaired) electrons. The summed E-state index contributed by atoms with van der Waals surface area (Å²) in [5.74, 6) is 1.78. The third kappa shape index (κ3) is 5.00. The quantitative estimate of drug-likeness (QED) is 0.769.